The van der Waals surface area contributed by atoms with Gasteiger partial charge in [-0.3, -0.25) is 9.59 Å². The van der Waals surface area contributed by atoms with Gasteiger partial charge in [0.15, 0.2) is 5.82 Å². The number of nitrogens with zero attached hydrogens (tertiary/aromatic N) is 5. The molecule has 3 aromatic rings. The van der Waals surface area contributed by atoms with Crippen LogP contribution in [-0.4, -0.2) is 78.2 Å². The first-order valence-corrected chi connectivity index (χ1v) is 11.5. The molecule has 1 saturated heterocycles. The van der Waals surface area contributed by atoms with Crippen LogP contribution in [0.3, 0.4) is 0 Å². The van der Waals surface area contributed by atoms with Gasteiger partial charge in [0.25, 0.3) is 5.91 Å². The van der Waals surface area contributed by atoms with Gasteiger partial charge in [0, 0.05) is 43.9 Å². The summed E-state index contributed by atoms with van der Waals surface area (Å²) < 4.78 is 5.28. The van der Waals surface area contributed by atoms with E-state index in [-0.39, 0.29) is 18.4 Å². The average Bonchev–Trinajstić information content (AvgIpc) is 2.93. The van der Waals surface area contributed by atoms with Crippen LogP contribution in [0.15, 0.2) is 79.4 Å². The number of hydrogen-bond acceptors (Lipinski definition) is 6. The van der Waals surface area contributed by atoms with Gasteiger partial charge in [-0.25, -0.2) is 0 Å². The van der Waals surface area contributed by atoms with E-state index in [9.17, 15) is 9.59 Å². The second kappa shape index (κ2) is 11.3. The predicted octanol–water partition coefficient (Wildman–Crippen LogP) is 3.13. The van der Waals surface area contributed by atoms with Gasteiger partial charge >= 0.3 is 0 Å². The highest BCUT2D eigenvalue weighted by Gasteiger charge is 2.25. The van der Waals surface area contributed by atoms with Gasteiger partial charge in [-0.2, -0.15) is 0 Å². The summed E-state index contributed by atoms with van der Waals surface area (Å²) in [4.78, 5) is 31.2. The summed E-state index contributed by atoms with van der Waals surface area (Å²) in [6.45, 7) is 6.47. The number of rotatable bonds is 8. The van der Waals surface area contributed by atoms with E-state index in [1.54, 1.807) is 30.2 Å². The average molecular weight is 472 g/mol. The van der Waals surface area contributed by atoms with Crippen molar-refractivity contribution >= 4 is 17.6 Å². The summed E-state index contributed by atoms with van der Waals surface area (Å²) in [7, 11) is 1.64. The largest absolute Gasteiger partial charge is 0.497 e. The maximum absolute atomic E-state index is 13.0. The normalized spacial score (nSPS) is 13.3. The van der Waals surface area contributed by atoms with Gasteiger partial charge in [-0.1, -0.05) is 36.4 Å². The first kappa shape index (κ1) is 23.9. The van der Waals surface area contributed by atoms with Crippen molar-refractivity contribution in [3.8, 4) is 17.0 Å². The van der Waals surface area contributed by atoms with Crippen molar-refractivity contribution < 1.29 is 14.3 Å². The molecule has 35 heavy (non-hydrogen) atoms. The molecule has 2 aromatic carbocycles. The number of amides is 2. The lowest BCUT2D eigenvalue weighted by Gasteiger charge is -2.36. The van der Waals surface area contributed by atoms with Crippen molar-refractivity contribution in [2.75, 3.05) is 51.3 Å². The number of piperazine rings is 1. The van der Waals surface area contributed by atoms with Gasteiger partial charge in [0.2, 0.25) is 5.91 Å². The van der Waals surface area contributed by atoms with Crippen molar-refractivity contribution in [3.05, 3.63) is 84.9 Å². The molecule has 1 fully saturated rings. The van der Waals surface area contributed by atoms with Gasteiger partial charge in [-0.05, 0) is 36.4 Å². The number of benzene rings is 2. The van der Waals surface area contributed by atoms with Crippen LogP contribution in [-0.2, 0) is 4.79 Å². The van der Waals surface area contributed by atoms with E-state index in [4.69, 9.17) is 4.74 Å². The quantitative estimate of drug-likeness (QED) is 0.470. The molecule has 180 valence electrons. The van der Waals surface area contributed by atoms with E-state index in [0.717, 1.165) is 22.8 Å². The van der Waals surface area contributed by atoms with E-state index in [1.807, 2.05) is 54.6 Å². The van der Waals surface area contributed by atoms with Gasteiger partial charge in [-0.15, -0.1) is 16.8 Å². The predicted molar refractivity (Wildman–Crippen MR) is 135 cm³/mol. The van der Waals surface area contributed by atoms with Gasteiger partial charge < -0.3 is 19.4 Å². The Bertz CT molecular complexity index is 1160. The first-order valence-electron chi connectivity index (χ1n) is 11.5. The summed E-state index contributed by atoms with van der Waals surface area (Å²) in [6.07, 6.45) is 1.64. The molecule has 1 aromatic heterocycles. The molecule has 0 atom stereocenters. The molecular weight excluding hydrogens is 442 g/mol. The minimum Gasteiger partial charge on any atom is -0.497 e. The third-order valence-corrected chi connectivity index (χ3v) is 5.96. The standard InChI is InChI=1S/C27H29N5O3/c1-3-14-32(27(34)21-8-5-4-6-9-21)20-26(33)31-17-15-30(16-18-31)25-13-12-24(28-29-25)22-10-7-11-23(19-22)35-2/h3-13,19H,1,14-18,20H2,2H3. The Hall–Kier alpha value is -4.20. The maximum Gasteiger partial charge on any atom is 0.254 e. The number of aromatic nitrogens is 2. The highest BCUT2D eigenvalue weighted by molar-refractivity contribution is 5.96. The second-order valence-corrected chi connectivity index (χ2v) is 8.22. The number of anilines is 1. The summed E-state index contributed by atoms with van der Waals surface area (Å²) in [5, 5.41) is 8.78. The Labute approximate surface area is 205 Å². The monoisotopic (exact) mass is 471 g/mol. The summed E-state index contributed by atoms with van der Waals surface area (Å²) >= 11 is 0. The number of hydrogen-bond donors (Lipinski definition) is 0. The molecule has 0 aliphatic carbocycles. The van der Waals surface area contributed by atoms with Crippen LogP contribution in [0.5, 0.6) is 5.75 Å². The Morgan fingerprint density at radius 2 is 1.77 bits per heavy atom. The lowest BCUT2D eigenvalue weighted by Crippen LogP contribution is -2.52. The van der Waals surface area contributed by atoms with Crippen LogP contribution in [0.25, 0.3) is 11.3 Å². The minimum absolute atomic E-state index is 0.0226. The van der Waals surface area contributed by atoms with Crippen LogP contribution in [0.1, 0.15) is 10.4 Å². The zero-order valence-corrected chi connectivity index (χ0v) is 19.8. The molecule has 0 spiro atoms. The van der Waals surface area contributed by atoms with Crippen LogP contribution >= 0.6 is 0 Å². The van der Waals surface area contributed by atoms with E-state index >= 15 is 0 Å². The number of carbonyl (C=O) groups is 2. The molecule has 0 radical (unpaired) electrons. The van der Waals surface area contributed by atoms with Crippen molar-refractivity contribution in [2.45, 2.75) is 0 Å². The van der Waals surface area contributed by atoms with Gasteiger partial charge in [0.05, 0.1) is 12.8 Å². The molecule has 0 bridgehead atoms. The highest BCUT2D eigenvalue weighted by atomic mass is 16.5. The molecule has 2 amide bonds. The van der Waals surface area contributed by atoms with E-state index in [2.05, 4.69) is 21.7 Å². The first-order chi connectivity index (χ1) is 17.1. The summed E-state index contributed by atoms with van der Waals surface area (Å²) in [5.74, 6) is 1.29. The van der Waals surface area contributed by atoms with Crippen LogP contribution in [0.4, 0.5) is 5.82 Å². The molecule has 8 nitrogen and oxygen atoms in total. The topological polar surface area (TPSA) is 78.9 Å². The van der Waals surface area contributed by atoms with Crippen molar-refractivity contribution in [1.29, 1.82) is 0 Å². The molecule has 2 heterocycles. The van der Waals surface area contributed by atoms with Crippen LogP contribution < -0.4 is 9.64 Å². The minimum atomic E-state index is -0.177. The molecule has 1 aliphatic heterocycles. The van der Waals surface area contributed by atoms with Crippen molar-refractivity contribution in [2.24, 2.45) is 0 Å². The third kappa shape index (κ3) is 5.84. The molecular formula is C27H29N5O3. The zero-order chi connectivity index (χ0) is 24.6. The maximum atomic E-state index is 13.0. The fourth-order valence-corrected chi connectivity index (χ4v) is 4.02. The van der Waals surface area contributed by atoms with Crippen LogP contribution in [0, 0.1) is 0 Å². The van der Waals surface area contributed by atoms with E-state index in [1.165, 1.54) is 4.90 Å². The molecule has 4 rings (SSSR count). The number of carbonyl (C=O) groups excluding carboxylic acids is 2. The Balaban J connectivity index is 1.34. The van der Waals surface area contributed by atoms with Gasteiger partial charge in [0.1, 0.15) is 12.3 Å². The van der Waals surface area contributed by atoms with Crippen LogP contribution in [0.2, 0.25) is 0 Å². The summed E-state index contributed by atoms with van der Waals surface area (Å²) in [6, 6.07) is 20.6. The lowest BCUT2D eigenvalue weighted by molar-refractivity contribution is -0.132. The number of ether oxygens (including phenoxy) is 1. The Morgan fingerprint density at radius 1 is 1.00 bits per heavy atom. The fraction of sp³-hybridized carbons (Fsp3) is 0.259. The Morgan fingerprint density at radius 3 is 2.43 bits per heavy atom. The highest BCUT2D eigenvalue weighted by Crippen LogP contribution is 2.23. The Kier molecular flexibility index (Phi) is 7.72. The van der Waals surface area contributed by atoms with E-state index < -0.39 is 0 Å². The lowest BCUT2D eigenvalue weighted by atomic mass is 10.1. The smallest absolute Gasteiger partial charge is 0.254 e. The second-order valence-electron chi connectivity index (χ2n) is 8.22. The molecule has 0 saturated carbocycles. The molecule has 0 unspecified atom stereocenters. The molecule has 1 aliphatic rings. The van der Waals surface area contributed by atoms with Crippen molar-refractivity contribution in [3.63, 3.8) is 0 Å². The third-order valence-electron chi connectivity index (χ3n) is 5.96. The fourth-order valence-electron chi connectivity index (χ4n) is 4.02. The summed E-state index contributed by atoms with van der Waals surface area (Å²) in [5.41, 5.74) is 2.27. The SMILES string of the molecule is C=CCN(CC(=O)N1CCN(c2ccc(-c3cccc(OC)c3)nn2)CC1)C(=O)c1ccccc1. The van der Waals surface area contributed by atoms with E-state index in [0.29, 0.717) is 38.3 Å². The zero-order valence-electron chi connectivity index (χ0n) is 19.8. The molecule has 0 N–H and O–H groups in total. The number of methoxy groups -OCH3 is 1. The molecule has 8 heteroatoms. The van der Waals surface area contributed by atoms with Crippen molar-refractivity contribution in [1.82, 2.24) is 20.0 Å².